The Bertz CT molecular complexity index is 1520. The van der Waals surface area contributed by atoms with Crippen molar-refractivity contribution in [3.8, 4) is 0 Å². The lowest BCUT2D eigenvalue weighted by molar-refractivity contribution is -0.349. The molecule has 0 amide bonds. The van der Waals surface area contributed by atoms with E-state index < -0.39 is 120 Å². The molecule has 2 heterocycles. The van der Waals surface area contributed by atoms with Crippen molar-refractivity contribution in [3.63, 3.8) is 0 Å². The van der Waals surface area contributed by atoms with E-state index in [2.05, 4.69) is 26.8 Å². The summed E-state index contributed by atoms with van der Waals surface area (Å²) >= 11 is 0. The molecule has 2 aliphatic heterocycles. The first-order valence-corrected chi connectivity index (χ1v) is 21.8. The number of carbonyl (C=O) groups excluding carboxylic acids is 1. The van der Waals surface area contributed by atoms with Crippen molar-refractivity contribution < 1.29 is 74.4 Å². The molecule has 4 aliphatic carbocycles. The lowest BCUT2D eigenvalue weighted by atomic mass is 9.34. The molecular formula is C44H74O15. The van der Waals surface area contributed by atoms with Crippen molar-refractivity contribution in [1.29, 1.82) is 0 Å². The first-order chi connectivity index (χ1) is 27.4. The standard InChI is InChI=1S/C44H74O15/c1-21(2)11-10-14-44(9,59-39-36(54)33(51)31(49)26(19-45)57-39)23-12-16-42(7)30(23)24(47)17-28-41(6)15-13-29(48)40(4,5)37(41)25(18-43(28,42)8)56-38-35(53)34(52)32(50)27(58-38)20-55-22(3)46/h11,23-39,45,47-54H,10,12-20H2,1-9H3/t23-,24+,25-,26+,27+,28+,29-,30-,31+,32+,33-,34-,35+,36+,37+,38+,39-,41+,42+,43+,44-/m0/s1. The number of aliphatic hydroxyl groups is 9. The quantitative estimate of drug-likeness (QED) is 0.0817. The predicted molar refractivity (Wildman–Crippen MR) is 212 cm³/mol. The minimum Gasteiger partial charge on any atom is -0.463 e. The maximum absolute atomic E-state index is 12.6. The third-order valence-corrected chi connectivity index (χ3v) is 16.9. The number of aliphatic hydroxyl groups excluding tert-OH is 9. The van der Waals surface area contributed by atoms with Crippen molar-refractivity contribution in [1.82, 2.24) is 0 Å². The fourth-order valence-electron chi connectivity index (χ4n) is 13.6. The van der Waals surface area contributed by atoms with Crippen LogP contribution in [0.15, 0.2) is 11.6 Å². The van der Waals surface area contributed by atoms with Gasteiger partial charge in [-0.25, -0.2) is 0 Å². The Morgan fingerprint density at radius 1 is 0.797 bits per heavy atom. The molecule has 340 valence electrons. The van der Waals surface area contributed by atoms with Crippen LogP contribution >= 0.6 is 0 Å². The molecule has 6 fully saturated rings. The summed E-state index contributed by atoms with van der Waals surface area (Å²) in [5.74, 6) is -1.46. The van der Waals surface area contributed by atoms with Crippen molar-refractivity contribution in [2.24, 2.45) is 45.3 Å². The molecule has 6 rings (SSSR count). The minimum atomic E-state index is -1.65. The van der Waals surface area contributed by atoms with E-state index in [1.165, 1.54) is 6.92 Å². The van der Waals surface area contributed by atoms with Crippen molar-refractivity contribution in [3.05, 3.63) is 11.6 Å². The highest BCUT2D eigenvalue weighted by Crippen LogP contribution is 2.76. The minimum absolute atomic E-state index is 0.0220. The second kappa shape index (κ2) is 17.0. The second-order valence-electron chi connectivity index (χ2n) is 20.9. The van der Waals surface area contributed by atoms with Gasteiger partial charge in [-0.1, -0.05) is 46.3 Å². The first-order valence-electron chi connectivity index (χ1n) is 21.8. The molecule has 0 unspecified atom stereocenters. The van der Waals surface area contributed by atoms with Gasteiger partial charge in [0.05, 0.1) is 30.5 Å². The van der Waals surface area contributed by atoms with Crippen molar-refractivity contribution >= 4 is 5.97 Å². The fraction of sp³-hybridized carbons (Fsp3) is 0.932. The van der Waals surface area contributed by atoms with Crippen LogP contribution in [-0.4, -0.2) is 150 Å². The van der Waals surface area contributed by atoms with Crippen LogP contribution in [0.25, 0.3) is 0 Å². The number of rotatable bonds is 11. The zero-order chi connectivity index (χ0) is 43.8. The molecule has 0 radical (unpaired) electrons. The number of hydrogen-bond acceptors (Lipinski definition) is 15. The van der Waals surface area contributed by atoms with Gasteiger partial charge in [0.2, 0.25) is 0 Å². The summed E-state index contributed by atoms with van der Waals surface area (Å²) < 4.78 is 30.8. The molecule has 4 saturated carbocycles. The van der Waals surface area contributed by atoms with E-state index in [0.29, 0.717) is 51.4 Å². The molecular weight excluding hydrogens is 768 g/mol. The number of fused-ring (bicyclic) bond motifs is 5. The normalized spacial score (nSPS) is 50.4. The third kappa shape index (κ3) is 7.99. The van der Waals surface area contributed by atoms with E-state index in [0.717, 1.165) is 5.57 Å². The Morgan fingerprint density at radius 3 is 2.02 bits per heavy atom. The summed E-state index contributed by atoms with van der Waals surface area (Å²) in [4.78, 5) is 11.7. The molecule has 15 nitrogen and oxygen atoms in total. The van der Waals surface area contributed by atoms with Gasteiger partial charge in [-0.15, -0.1) is 0 Å². The maximum Gasteiger partial charge on any atom is 0.302 e. The smallest absolute Gasteiger partial charge is 0.302 e. The topological polar surface area (TPSA) is 245 Å². The third-order valence-electron chi connectivity index (χ3n) is 16.9. The van der Waals surface area contributed by atoms with Crippen LogP contribution in [0.2, 0.25) is 0 Å². The van der Waals surface area contributed by atoms with Gasteiger partial charge in [0.25, 0.3) is 0 Å². The highest BCUT2D eigenvalue weighted by Gasteiger charge is 2.74. The molecule has 2 saturated heterocycles. The monoisotopic (exact) mass is 843 g/mol. The van der Waals surface area contributed by atoms with Gasteiger partial charge in [-0.2, -0.15) is 0 Å². The van der Waals surface area contributed by atoms with E-state index >= 15 is 0 Å². The van der Waals surface area contributed by atoms with E-state index in [-0.39, 0.29) is 30.3 Å². The van der Waals surface area contributed by atoms with E-state index in [4.69, 9.17) is 23.7 Å². The Kier molecular flexibility index (Phi) is 13.6. The van der Waals surface area contributed by atoms with E-state index in [1.54, 1.807) is 0 Å². The summed E-state index contributed by atoms with van der Waals surface area (Å²) in [5, 5.41) is 99.6. The summed E-state index contributed by atoms with van der Waals surface area (Å²) in [6, 6.07) is 0. The molecule has 0 aromatic carbocycles. The lowest BCUT2D eigenvalue weighted by Gasteiger charge is -2.72. The molecule has 6 aliphatic rings. The van der Waals surface area contributed by atoms with Gasteiger partial charge in [-0.3, -0.25) is 4.79 Å². The van der Waals surface area contributed by atoms with Gasteiger partial charge in [0, 0.05) is 6.92 Å². The van der Waals surface area contributed by atoms with Crippen LogP contribution in [0.5, 0.6) is 0 Å². The predicted octanol–water partition coefficient (Wildman–Crippen LogP) is 1.69. The van der Waals surface area contributed by atoms with Gasteiger partial charge in [0.15, 0.2) is 12.6 Å². The zero-order valence-corrected chi connectivity index (χ0v) is 36.4. The molecule has 0 spiro atoms. The molecule has 0 aromatic rings. The lowest BCUT2D eigenvalue weighted by Crippen LogP contribution is -2.71. The highest BCUT2D eigenvalue weighted by atomic mass is 16.7. The van der Waals surface area contributed by atoms with Gasteiger partial charge in [0.1, 0.15) is 55.4 Å². The van der Waals surface area contributed by atoms with E-state index in [1.807, 2.05) is 34.6 Å². The zero-order valence-electron chi connectivity index (χ0n) is 36.4. The number of hydrogen-bond donors (Lipinski definition) is 9. The summed E-state index contributed by atoms with van der Waals surface area (Å²) in [7, 11) is 0. The average Bonchev–Trinajstić information content (AvgIpc) is 3.54. The Labute approximate surface area is 349 Å². The van der Waals surface area contributed by atoms with Crippen molar-refractivity contribution in [2.45, 2.75) is 199 Å². The molecule has 59 heavy (non-hydrogen) atoms. The maximum atomic E-state index is 12.6. The van der Waals surface area contributed by atoms with Crippen LogP contribution in [-0.2, 0) is 28.5 Å². The van der Waals surface area contributed by atoms with Gasteiger partial charge < -0.3 is 69.6 Å². The molecule has 9 N–H and O–H groups in total. The van der Waals surface area contributed by atoms with Crippen LogP contribution in [0.3, 0.4) is 0 Å². The molecule has 0 bridgehead atoms. The van der Waals surface area contributed by atoms with Crippen LogP contribution < -0.4 is 0 Å². The first kappa shape index (κ1) is 47.2. The highest BCUT2D eigenvalue weighted by molar-refractivity contribution is 5.65. The number of carbonyl (C=O) groups is 1. The Hall–Kier alpha value is -1.31. The SMILES string of the molecule is CC(=O)OC[C@H]1O[C@@H](O[C@H]2C[C@]3(C)[C@H](C[C@@H](O)[C@@H]4[C@@H]([C@](C)(CCC=C(C)C)O[C@@H]5O[C@H](CO)[C@@H](O)[C@H](O)[C@H]5O)CC[C@]43C)[C@@]3(C)CC[C@H](O)C(C)(C)[C@@H]23)[C@H](O)[C@@H](O)[C@@H]1O. The van der Waals surface area contributed by atoms with Crippen molar-refractivity contribution in [2.75, 3.05) is 13.2 Å². The summed E-state index contributed by atoms with van der Waals surface area (Å²) in [5.41, 5.74) is -2.05. The number of esters is 1. The van der Waals surface area contributed by atoms with Gasteiger partial charge >= 0.3 is 5.97 Å². The molecule has 0 aromatic heterocycles. The average molecular weight is 843 g/mol. The Morgan fingerprint density at radius 2 is 1.41 bits per heavy atom. The van der Waals surface area contributed by atoms with Crippen LogP contribution in [0.4, 0.5) is 0 Å². The molecule has 21 atom stereocenters. The fourth-order valence-corrected chi connectivity index (χ4v) is 13.6. The van der Waals surface area contributed by atoms with Crippen LogP contribution in [0.1, 0.15) is 114 Å². The largest absolute Gasteiger partial charge is 0.463 e. The summed E-state index contributed by atoms with van der Waals surface area (Å²) in [6.45, 7) is 17.1. The van der Waals surface area contributed by atoms with E-state index in [9.17, 15) is 50.8 Å². The summed E-state index contributed by atoms with van der Waals surface area (Å²) in [6.07, 6.45) is -9.91. The van der Waals surface area contributed by atoms with Gasteiger partial charge in [-0.05, 0) is 117 Å². The Balaban J connectivity index is 1.38. The molecule has 15 heteroatoms. The second-order valence-corrected chi connectivity index (χ2v) is 20.9. The van der Waals surface area contributed by atoms with Crippen LogP contribution in [0, 0.1) is 45.3 Å². The number of allylic oxidation sites excluding steroid dienone is 2. The number of ether oxygens (including phenoxy) is 5.